The largest absolute Gasteiger partial charge is 0.461 e. The molecule has 6 nitrogen and oxygen atoms in total. The van der Waals surface area contributed by atoms with Gasteiger partial charge in [-0.05, 0) is 36.2 Å². The van der Waals surface area contributed by atoms with Crippen LogP contribution in [0, 0.1) is 0 Å². The number of rotatable bonds is 8. The number of benzene rings is 1. The summed E-state index contributed by atoms with van der Waals surface area (Å²) in [6, 6.07) is 11.1. The highest BCUT2D eigenvalue weighted by atomic mass is 35.5. The molecular formula is C19H21ClN4O2. The molecule has 2 aromatic heterocycles. The molecule has 1 N–H and O–H groups in total. The molecule has 0 spiro atoms. The number of unbranched alkanes of at least 4 members (excludes halogenated alkanes) is 2. The Morgan fingerprint density at radius 1 is 1.27 bits per heavy atom. The molecule has 2 heterocycles. The predicted octanol–water partition coefficient (Wildman–Crippen LogP) is 5.02. The van der Waals surface area contributed by atoms with Crippen LogP contribution in [0.5, 0.6) is 0 Å². The molecule has 3 rings (SSSR count). The van der Waals surface area contributed by atoms with Gasteiger partial charge in [0.1, 0.15) is 0 Å². The summed E-state index contributed by atoms with van der Waals surface area (Å²) >= 11 is 6.02. The summed E-state index contributed by atoms with van der Waals surface area (Å²) < 4.78 is 6.68. The molecule has 0 aliphatic rings. The highest BCUT2D eigenvalue weighted by Gasteiger charge is 2.18. The van der Waals surface area contributed by atoms with Crippen LogP contribution in [0.1, 0.15) is 43.0 Å². The summed E-state index contributed by atoms with van der Waals surface area (Å²) in [5.41, 5.74) is 0.991. The molecule has 0 aliphatic carbocycles. The quantitative estimate of drug-likeness (QED) is 0.562. The number of hydrogen-bond acceptors (Lipinski definition) is 5. The van der Waals surface area contributed by atoms with Gasteiger partial charge < -0.3 is 9.73 Å². The van der Waals surface area contributed by atoms with Gasteiger partial charge >= 0.3 is 0 Å². The summed E-state index contributed by atoms with van der Waals surface area (Å²) in [6.07, 6.45) is 4.89. The van der Waals surface area contributed by atoms with Crippen molar-refractivity contribution in [2.75, 3.05) is 5.32 Å². The smallest absolute Gasteiger partial charge is 0.250 e. The fourth-order valence-corrected chi connectivity index (χ4v) is 2.78. The molecule has 136 valence electrons. The van der Waals surface area contributed by atoms with E-state index in [9.17, 15) is 4.79 Å². The second-order valence-electron chi connectivity index (χ2n) is 5.98. The Kier molecular flexibility index (Phi) is 6.07. The molecule has 7 heteroatoms. The first-order valence-corrected chi connectivity index (χ1v) is 9.07. The Labute approximate surface area is 157 Å². The average molecular weight is 373 g/mol. The zero-order valence-corrected chi connectivity index (χ0v) is 15.4. The van der Waals surface area contributed by atoms with Crippen LogP contribution < -0.4 is 5.32 Å². The molecule has 0 saturated carbocycles. The van der Waals surface area contributed by atoms with Crippen molar-refractivity contribution in [2.45, 2.75) is 39.2 Å². The van der Waals surface area contributed by atoms with Crippen LogP contribution in [-0.2, 0) is 6.54 Å². The molecule has 26 heavy (non-hydrogen) atoms. The normalized spacial score (nSPS) is 10.8. The van der Waals surface area contributed by atoms with E-state index >= 15 is 0 Å². The maximum absolute atomic E-state index is 12.6. The number of furan rings is 1. The third-order valence-corrected chi connectivity index (χ3v) is 4.15. The minimum atomic E-state index is -0.0858. The first-order valence-electron chi connectivity index (χ1n) is 8.70. The Morgan fingerprint density at radius 3 is 2.88 bits per heavy atom. The number of halogens is 1. The monoisotopic (exact) mass is 372 g/mol. The standard InChI is InChI=1S/C19H21ClN4O2/c1-2-3-4-10-17(25)24-19(21-13-14-7-5-8-15(20)12-14)22-18(23-24)16-9-6-11-26-16/h5-9,11-12H,2-4,10,13H2,1H3,(H,21,22,23). The van der Waals surface area contributed by atoms with Gasteiger partial charge in [-0.1, -0.05) is 43.5 Å². The Hall–Kier alpha value is -2.60. The van der Waals surface area contributed by atoms with E-state index in [4.69, 9.17) is 16.0 Å². The van der Waals surface area contributed by atoms with Crippen molar-refractivity contribution < 1.29 is 9.21 Å². The van der Waals surface area contributed by atoms with Gasteiger partial charge in [-0.15, -0.1) is 5.10 Å². The molecule has 1 aromatic carbocycles. The predicted molar refractivity (Wildman–Crippen MR) is 101 cm³/mol. The lowest BCUT2D eigenvalue weighted by molar-refractivity contribution is 0.0886. The minimum absolute atomic E-state index is 0.0858. The molecule has 0 radical (unpaired) electrons. The Morgan fingerprint density at radius 2 is 2.15 bits per heavy atom. The van der Waals surface area contributed by atoms with E-state index in [-0.39, 0.29) is 5.91 Å². The number of hydrogen-bond donors (Lipinski definition) is 1. The molecule has 0 bridgehead atoms. The van der Waals surface area contributed by atoms with Gasteiger partial charge in [0.25, 0.3) is 0 Å². The molecule has 0 fully saturated rings. The van der Waals surface area contributed by atoms with Crippen molar-refractivity contribution in [1.82, 2.24) is 14.8 Å². The molecule has 0 aliphatic heterocycles. The molecule has 0 amide bonds. The number of aromatic nitrogens is 3. The maximum Gasteiger partial charge on any atom is 0.250 e. The number of nitrogens with one attached hydrogen (secondary N) is 1. The summed E-state index contributed by atoms with van der Waals surface area (Å²) in [5, 5.41) is 8.18. The van der Waals surface area contributed by atoms with Crippen molar-refractivity contribution in [3.63, 3.8) is 0 Å². The molecule has 3 aromatic rings. The zero-order valence-electron chi connectivity index (χ0n) is 14.6. The first kappa shape index (κ1) is 18.2. The van der Waals surface area contributed by atoms with Gasteiger partial charge in [-0.25, -0.2) is 0 Å². The molecular weight excluding hydrogens is 352 g/mol. The summed E-state index contributed by atoms with van der Waals surface area (Å²) in [7, 11) is 0. The summed E-state index contributed by atoms with van der Waals surface area (Å²) in [6.45, 7) is 2.59. The summed E-state index contributed by atoms with van der Waals surface area (Å²) in [5.74, 6) is 1.22. The fraction of sp³-hybridized carbons (Fsp3) is 0.316. The lowest BCUT2D eigenvalue weighted by Gasteiger charge is -2.07. The Bertz CT molecular complexity index is 858. The van der Waals surface area contributed by atoms with E-state index in [1.165, 1.54) is 4.68 Å². The number of carbonyl (C=O) groups excluding carboxylic acids is 1. The van der Waals surface area contributed by atoms with Gasteiger partial charge in [0.2, 0.25) is 17.7 Å². The topological polar surface area (TPSA) is 73.0 Å². The van der Waals surface area contributed by atoms with Crippen molar-refractivity contribution in [2.24, 2.45) is 0 Å². The van der Waals surface area contributed by atoms with Crippen molar-refractivity contribution in [3.05, 3.63) is 53.2 Å². The molecule has 0 saturated heterocycles. The van der Waals surface area contributed by atoms with Crippen LogP contribution in [-0.4, -0.2) is 20.7 Å². The van der Waals surface area contributed by atoms with Crippen LogP contribution in [0.2, 0.25) is 5.02 Å². The van der Waals surface area contributed by atoms with Crippen molar-refractivity contribution in [3.8, 4) is 11.6 Å². The SMILES string of the molecule is CCCCCC(=O)n1nc(-c2ccco2)nc1NCc1cccc(Cl)c1. The average Bonchev–Trinajstić information content (AvgIpc) is 3.30. The van der Waals surface area contributed by atoms with Gasteiger partial charge in [0.15, 0.2) is 5.76 Å². The van der Waals surface area contributed by atoms with Gasteiger partial charge in [-0.2, -0.15) is 9.67 Å². The third-order valence-electron chi connectivity index (χ3n) is 3.92. The van der Waals surface area contributed by atoms with Crippen LogP contribution in [0.3, 0.4) is 0 Å². The lowest BCUT2D eigenvalue weighted by atomic mass is 10.2. The van der Waals surface area contributed by atoms with Crippen LogP contribution in [0.4, 0.5) is 5.95 Å². The minimum Gasteiger partial charge on any atom is -0.461 e. The van der Waals surface area contributed by atoms with Crippen LogP contribution in [0.15, 0.2) is 47.1 Å². The van der Waals surface area contributed by atoms with Gasteiger partial charge in [0.05, 0.1) is 6.26 Å². The van der Waals surface area contributed by atoms with Crippen molar-refractivity contribution in [1.29, 1.82) is 0 Å². The third kappa shape index (κ3) is 4.52. The van der Waals surface area contributed by atoms with Crippen LogP contribution >= 0.6 is 11.6 Å². The lowest BCUT2D eigenvalue weighted by Crippen LogP contribution is -2.16. The number of carbonyl (C=O) groups is 1. The van der Waals surface area contributed by atoms with Crippen molar-refractivity contribution >= 4 is 23.5 Å². The van der Waals surface area contributed by atoms with E-state index in [1.54, 1.807) is 18.4 Å². The highest BCUT2D eigenvalue weighted by Crippen LogP contribution is 2.20. The first-order chi connectivity index (χ1) is 12.7. The van der Waals surface area contributed by atoms with E-state index in [0.717, 1.165) is 24.8 Å². The highest BCUT2D eigenvalue weighted by molar-refractivity contribution is 6.30. The Balaban J connectivity index is 1.80. The second-order valence-corrected chi connectivity index (χ2v) is 6.42. The molecule has 0 atom stereocenters. The van der Waals surface area contributed by atoms with E-state index in [1.807, 2.05) is 24.3 Å². The fourth-order valence-electron chi connectivity index (χ4n) is 2.57. The van der Waals surface area contributed by atoms with E-state index in [2.05, 4.69) is 22.3 Å². The van der Waals surface area contributed by atoms with Gasteiger partial charge in [-0.3, -0.25) is 4.79 Å². The maximum atomic E-state index is 12.6. The summed E-state index contributed by atoms with van der Waals surface area (Å²) in [4.78, 5) is 17.0. The number of nitrogens with zero attached hydrogens (tertiary/aromatic N) is 3. The zero-order chi connectivity index (χ0) is 18.4. The van der Waals surface area contributed by atoms with E-state index < -0.39 is 0 Å². The van der Waals surface area contributed by atoms with Crippen LogP contribution in [0.25, 0.3) is 11.6 Å². The van der Waals surface area contributed by atoms with Gasteiger partial charge in [0, 0.05) is 18.0 Å². The number of anilines is 1. The molecule has 0 unspecified atom stereocenters. The van der Waals surface area contributed by atoms with E-state index in [0.29, 0.717) is 35.5 Å². The second kappa shape index (κ2) is 8.67.